The number of unbranched alkanes of at least 4 members (excludes halogenated alkanes) is 1. The first-order chi connectivity index (χ1) is 19.9. The molecule has 1 aliphatic heterocycles. The van der Waals surface area contributed by atoms with E-state index in [1.54, 1.807) is 4.90 Å². The van der Waals surface area contributed by atoms with Crippen molar-refractivity contribution in [1.82, 2.24) is 26.2 Å². The summed E-state index contributed by atoms with van der Waals surface area (Å²) in [7, 11) is 1.50. The number of likely N-dealkylation sites (tertiary alicyclic amines) is 1. The summed E-state index contributed by atoms with van der Waals surface area (Å²) in [5.41, 5.74) is -0.515. The normalized spacial score (nSPS) is 16.7. The zero-order valence-electron chi connectivity index (χ0n) is 28.4. The number of carbonyl (C=O) groups excluding carboxylic acids is 5. The topological polar surface area (TPSA) is 137 Å². The lowest BCUT2D eigenvalue weighted by Gasteiger charge is -2.36. The highest BCUT2D eigenvalue weighted by Gasteiger charge is 2.42. The number of amides is 5. The predicted molar refractivity (Wildman–Crippen MR) is 173 cm³/mol. The smallest absolute Gasteiger partial charge is 0.315 e. The van der Waals surface area contributed by atoms with Crippen molar-refractivity contribution in [3.05, 3.63) is 13.2 Å². The van der Waals surface area contributed by atoms with Crippen molar-refractivity contribution in [1.29, 1.82) is 0 Å². The molecule has 1 saturated heterocycles. The van der Waals surface area contributed by atoms with Gasteiger partial charge in [0.05, 0.1) is 6.04 Å². The minimum Gasteiger partial charge on any atom is -0.359 e. The molecule has 246 valence electrons. The van der Waals surface area contributed by atoms with Crippen LogP contribution in [0.2, 0.25) is 0 Å². The van der Waals surface area contributed by atoms with E-state index in [-0.39, 0.29) is 17.6 Å². The standard InChI is InChI=1S/C21H36N4O4.C4H10.C3H7NO.C2H6.C2H4/c1-13(26)15(12-14-8-6-9-14)23-18(27)16-10-7-11-25(16)19(28)17(21(2,3)4)24-20(29)22-5;1-3-4-2;1-2-4-3-5;2*1-2/h14-17H,6-12H2,1-5H3,(H,23,27)(H2,22,24,29);3-4H2,1-2H3;3H,2H2,1H3,(H,4,5);1-2H3;1-2H2. The van der Waals surface area contributed by atoms with Crippen LogP contribution in [0.3, 0.4) is 0 Å². The van der Waals surface area contributed by atoms with Gasteiger partial charge in [0, 0.05) is 20.1 Å². The van der Waals surface area contributed by atoms with E-state index >= 15 is 0 Å². The van der Waals surface area contributed by atoms with Gasteiger partial charge in [0.1, 0.15) is 12.1 Å². The Morgan fingerprint density at radius 1 is 0.952 bits per heavy atom. The maximum atomic E-state index is 13.2. The van der Waals surface area contributed by atoms with Crippen LogP contribution in [0.1, 0.15) is 114 Å². The van der Waals surface area contributed by atoms with Crippen molar-refractivity contribution in [2.45, 2.75) is 132 Å². The van der Waals surface area contributed by atoms with Gasteiger partial charge >= 0.3 is 6.03 Å². The zero-order valence-corrected chi connectivity index (χ0v) is 28.4. The van der Waals surface area contributed by atoms with Gasteiger partial charge in [-0.2, -0.15) is 0 Å². The van der Waals surface area contributed by atoms with Crippen LogP contribution in [0.5, 0.6) is 0 Å². The summed E-state index contributed by atoms with van der Waals surface area (Å²) < 4.78 is 0. The number of Topliss-reactive ketones (excluding diaryl/α,β-unsaturated/α-hetero) is 1. The van der Waals surface area contributed by atoms with Crippen molar-refractivity contribution in [3.8, 4) is 0 Å². The van der Waals surface area contributed by atoms with Crippen LogP contribution in [0, 0.1) is 11.3 Å². The summed E-state index contributed by atoms with van der Waals surface area (Å²) in [6, 6.07) is -2.29. The summed E-state index contributed by atoms with van der Waals surface area (Å²) in [6.45, 7) is 24.6. The SMILES string of the molecule is C=C.CC.CCCC.CCNC=O.CNC(=O)NC(C(=O)N1CCCC1C(=O)NC(CC1CCC1)C(C)=O)C(C)(C)C. The summed E-state index contributed by atoms with van der Waals surface area (Å²) >= 11 is 0. The fourth-order valence-corrected chi connectivity index (χ4v) is 4.06. The predicted octanol–water partition coefficient (Wildman–Crippen LogP) is 4.97. The van der Waals surface area contributed by atoms with E-state index in [0.29, 0.717) is 38.1 Å². The highest BCUT2D eigenvalue weighted by Crippen LogP contribution is 2.31. The first-order valence-electron chi connectivity index (χ1n) is 15.6. The Kier molecular flexibility index (Phi) is 26.7. The fraction of sp³-hybridized carbons (Fsp3) is 0.781. The molecule has 2 fully saturated rings. The first kappa shape index (κ1) is 43.5. The van der Waals surface area contributed by atoms with Crippen LogP contribution >= 0.6 is 0 Å². The molecule has 10 nitrogen and oxygen atoms in total. The molecule has 0 aromatic heterocycles. The number of hydrogen-bond acceptors (Lipinski definition) is 5. The van der Waals surface area contributed by atoms with Gasteiger partial charge in [0.25, 0.3) is 0 Å². The molecule has 0 bridgehead atoms. The number of carbonyl (C=O) groups is 5. The van der Waals surface area contributed by atoms with E-state index in [2.05, 4.69) is 48.3 Å². The second kappa shape index (κ2) is 25.8. The third kappa shape index (κ3) is 17.8. The lowest BCUT2D eigenvalue weighted by Crippen LogP contribution is -2.59. The van der Waals surface area contributed by atoms with Crippen LogP contribution in [0.25, 0.3) is 0 Å². The Hall–Kier alpha value is -2.91. The molecular weight excluding hydrogens is 534 g/mol. The number of ketones is 1. The molecule has 0 spiro atoms. The molecule has 0 aromatic rings. The van der Waals surface area contributed by atoms with E-state index < -0.39 is 29.6 Å². The van der Waals surface area contributed by atoms with Crippen molar-refractivity contribution >= 4 is 30.0 Å². The molecule has 10 heteroatoms. The summed E-state index contributed by atoms with van der Waals surface area (Å²) in [5, 5.41) is 10.5. The van der Waals surface area contributed by atoms with Gasteiger partial charge in [-0.05, 0) is 44.4 Å². The second-order valence-corrected chi connectivity index (χ2v) is 11.1. The molecule has 1 saturated carbocycles. The van der Waals surface area contributed by atoms with E-state index in [0.717, 1.165) is 19.4 Å². The van der Waals surface area contributed by atoms with Gasteiger partial charge in [-0.1, -0.05) is 80.6 Å². The maximum Gasteiger partial charge on any atom is 0.315 e. The molecule has 5 amide bonds. The van der Waals surface area contributed by atoms with Gasteiger partial charge in [0.15, 0.2) is 5.78 Å². The van der Waals surface area contributed by atoms with Crippen LogP contribution in [0.4, 0.5) is 4.79 Å². The van der Waals surface area contributed by atoms with Crippen LogP contribution < -0.4 is 21.3 Å². The molecule has 42 heavy (non-hydrogen) atoms. The average Bonchev–Trinajstić information content (AvgIpc) is 3.45. The Morgan fingerprint density at radius 2 is 1.50 bits per heavy atom. The van der Waals surface area contributed by atoms with Gasteiger partial charge in [-0.3, -0.25) is 19.2 Å². The molecule has 3 atom stereocenters. The molecule has 3 unspecified atom stereocenters. The molecule has 4 N–H and O–H groups in total. The van der Waals surface area contributed by atoms with Crippen molar-refractivity contribution in [3.63, 3.8) is 0 Å². The van der Waals surface area contributed by atoms with E-state index in [1.165, 1.54) is 33.2 Å². The zero-order chi connectivity index (χ0) is 33.3. The molecule has 0 radical (unpaired) electrons. The van der Waals surface area contributed by atoms with Gasteiger partial charge < -0.3 is 26.2 Å². The van der Waals surface area contributed by atoms with E-state index in [1.807, 2.05) is 41.5 Å². The Morgan fingerprint density at radius 3 is 1.83 bits per heavy atom. The fourth-order valence-electron chi connectivity index (χ4n) is 4.06. The molecular formula is C32H63N5O5. The average molecular weight is 598 g/mol. The highest BCUT2D eigenvalue weighted by atomic mass is 16.2. The molecule has 1 heterocycles. The Labute approximate surface area is 256 Å². The first-order valence-corrected chi connectivity index (χ1v) is 15.6. The minimum atomic E-state index is -0.755. The van der Waals surface area contributed by atoms with Gasteiger partial charge in [0.2, 0.25) is 18.2 Å². The number of hydrogen-bond donors (Lipinski definition) is 4. The lowest BCUT2D eigenvalue weighted by molar-refractivity contribution is -0.142. The van der Waals surface area contributed by atoms with Crippen LogP contribution in [-0.2, 0) is 19.2 Å². The second-order valence-electron chi connectivity index (χ2n) is 11.1. The molecule has 0 aromatic carbocycles. The maximum absolute atomic E-state index is 13.2. The minimum absolute atomic E-state index is 0.0463. The number of nitrogens with zero attached hydrogens (tertiary/aromatic N) is 1. The van der Waals surface area contributed by atoms with Crippen molar-refractivity contribution < 1.29 is 24.0 Å². The summed E-state index contributed by atoms with van der Waals surface area (Å²) in [5.74, 6) is -0.0948. The number of nitrogens with one attached hydrogen (secondary N) is 4. The van der Waals surface area contributed by atoms with Crippen molar-refractivity contribution in [2.75, 3.05) is 20.1 Å². The van der Waals surface area contributed by atoms with Gasteiger partial charge in [-0.25, -0.2) is 4.79 Å². The number of urea groups is 1. The van der Waals surface area contributed by atoms with E-state index in [4.69, 9.17) is 0 Å². The Balaban J connectivity index is -0.000000992. The molecule has 1 aliphatic carbocycles. The van der Waals surface area contributed by atoms with Crippen LogP contribution in [0.15, 0.2) is 13.2 Å². The summed E-state index contributed by atoms with van der Waals surface area (Å²) in [4.78, 5) is 60.9. The third-order valence-electron chi connectivity index (χ3n) is 6.84. The monoisotopic (exact) mass is 597 g/mol. The van der Waals surface area contributed by atoms with E-state index in [9.17, 15) is 24.0 Å². The van der Waals surface area contributed by atoms with Crippen LogP contribution in [-0.4, -0.2) is 73.2 Å². The molecule has 2 rings (SSSR count). The number of rotatable bonds is 10. The largest absolute Gasteiger partial charge is 0.359 e. The molecule has 2 aliphatic rings. The lowest BCUT2D eigenvalue weighted by atomic mass is 9.80. The Bertz CT molecular complexity index is 763. The van der Waals surface area contributed by atoms with Crippen molar-refractivity contribution in [2.24, 2.45) is 11.3 Å². The summed E-state index contributed by atoms with van der Waals surface area (Å²) in [6.07, 6.45) is 8.65. The highest BCUT2D eigenvalue weighted by molar-refractivity contribution is 5.94. The van der Waals surface area contributed by atoms with Gasteiger partial charge in [-0.15, -0.1) is 13.2 Å². The third-order valence-corrected chi connectivity index (χ3v) is 6.84. The quantitative estimate of drug-likeness (QED) is 0.208.